The molecule has 0 spiro atoms. The molecule has 1 aromatic heterocycles. The van der Waals surface area contributed by atoms with E-state index in [-0.39, 0.29) is 16.2 Å². The molecule has 0 unspecified atom stereocenters. The highest BCUT2D eigenvalue weighted by Gasteiger charge is 2.29. The molecule has 0 radical (unpaired) electrons. The van der Waals surface area contributed by atoms with Crippen molar-refractivity contribution in [3.8, 4) is 5.75 Å². The van der Waals surface area contributed by atoms with Gasteiger partial charge in [-0.25, -0.2) is 18.0 Å². The lowest BCUT2D eigenvalue weighted by atomic mass is 10.00. The third-order valence-corrected chi connectivity index (χ3v) is 8.11. The Labute approximate surface area is 232 Å². The van der Waals surface area contributed by atoms with Crippen LogP contribution in [0.15, 0.2) is 117 Å². The Balaban J connectivity index is 1.44. The summed E-state index contributed by atoms with van der Waals surface area (Å²) in [6.45, 7) is 3.71. The van der Waals surface area contributed by atoms with E-state index in [1.165, 1.54) is 18.2 Å². The first kappa shape index (κ1) is 27.1. The number of benzene rings is 4. The lowest BCUT2D eigenvalue weighted by Gasteiger charge is -2.18. The second kappa shape index (κ2) is 11.3. The molecule has 1 heterocycles. The Morgan fingerprint density at radius 1 is 0.875 bits per heavy atom. The standard InChI is InChI=1S/C32H27NO6S/c1-21-13-16-26(17-14-21)40(36,37)33-30(24-11-7-4-8-12-24)32(35)38-25-15-18-27-22(2)28(31(34)39-29(27)20-25)19-23-9-5-3-6-10-23/h3-18,20,30,33H,19H2,1-2H3/t30-/m0/s1. The first-order chi connectivity index (χ1) is 19.2. The number of carbonyl (C=O) groups excluding carboxylic acids is 1. The predicted octanol–water partition coefficient (Wildman–Crippen LogP) is 5.63. The van der Waals surface area contributed by atoms with E-state index in [2.05, 4.69) is 4.72 Å². The fourth-order valence-corrected chi connectivity index (χ4v) is 5.63. The fraction of sp³-hybridized carbons (Fsp3) is 0.125. The van der Waals surface area contributed by atoms with Crippen molar-refractivity contribution in [2.24, 2.45) is 0 Å². The van der Waals surface area contributed by atoms with Gasteiger partial charge in [-0.05, 0) is 54.8 Å². The number of hydrogen-bond acceptors (Lipinski definition) is 6. The van der Waals surface area contributed by atoms with Crippen LogP contribution in [-0.4, -0.2) is 14.4 Å². The van der Waals surface area contributed by atoms with Gasteiger partial charge in [0.1, 0.15) is 17.4 Å². The van der Waals surface area contributed by atoms with Gasteiger partial charge in [0.15, 0.2) is 0 Å². The van der Waals surface area contributed by atoms with Gasteiger partial charge < -0.3 is 9.15 Å². The second-order valence-electron chi connectivity index (χ2n) is 9.51. The van der Waals surface area contributed by atoms with Gasteiger partial charge in [0.05, 0.1) is 4.90 Å². The summed E-state index contributed by atoms with van der Waals surface area (Å²) in [4.78, 5) is 26.2. The summed E-state index contributed by atoms with van der Waals surface area (Å²) < 4.78 is 40.0. The zero-order valence-corrected chi connectivity index (χ0v) is 22.8. The van der Waals surface area contributed by atoms with Crippen molar-refractivity contribution in [2.75, 3.05) is 0 Å². The quantitative estimate of drug-likeness (QED) is 0.152. The molecule has 0 aliphatic rings. The molecule has 0 saturated carbocycles. The van der Waals surface area contributed by atoms with Crippen LogP contribution >= 0.6 is 0 Å². The van der Waals surface area contributed by atoms with Crippen LogP contribution in [0.4, 0.5) is 0 Å². The molecule has 40 heavy (non-hydrogen) atoms. The van der Waals surface area contributed by atoms with Gasteiger partial charge in [-0.3, -0.25) is 0 Å². The molecule has 5 aromatic rings. The predicted molar refractivity (Wildman–Crippen MR) is 153 cm³/mol. The number of sulfonamides is 1. The van der Waals surface area contributed by atoms with Crippen LogP contribution in [0.1, 0.15) is 33.9 Å². The van der Waals surface area contributed by atoms with Crippen molar-refractivity contribution in [1.82, 2.24) is 4.72 Å². The van der Waals surface area contributed by atoms with Gasteiger partial charge in [0, 0.05) is 23.4 Å². The number of fused-ring (bicyclic) bond motifs is 1. The van der Waals surface area contributed by atoms with Crippen LogP contribution in [-0.2, 0) is 21.2 Å². The maximum atomic E-state index is 13.4. The van der Waals surface area contributed by atoms with E-state index in [4.69, 9.17) is 9.15 Å². The third kappa shape index (κ3) is 5.88. The van der Waals surface area contributed by atoms with E-state index in [1.807, 2.05) is 44.2 Å². The summed E-state index contributed by atoms with van der Waals surface area (Å²) in [5.41, 5.74) is 3.44. The number of hydrogen-bond donors (Lipinski definition) is 1. The van der Waals surface area contributed by atoms with E-state index in [9.17, 15) is 18.0 Å². The van der Waals surface area contributed by atoms with Crippen LogP contribution in [0.3, 0.4) is 0 Å². The molecule has 202 valence electrons. The number of nitrogens with one attached hydrogen (secondary N) is 1. The molecule has 1 atom stereocenters. The number of ether oxygens (including phenoxy) is 1. The Bertz CT molecular complexity index is 1830. The minimum atomic E-state index is -4.05. The topological polar surface area (TPSA) is 103 Å². The molecule has 0 amide bonds. The second-order valence-corrected chi connectivity index (χ2v) is 11.2. The van der Waals surface area contributed by atoms with Crippen molar-refractivity contribution in [2.45, 2.75) is 31.2 Å². The maximum absolute atomic E-state index is 13.4. The third-order valence-electron chi connectivity index (χ3n) is 6.67. The van der Waals surface area contributed by atoms with E-state index >= 15 is 0 Å². The molecule has 0 bridgehead atoms. The highest BCUT2D eigenvalue weighted by atomic mass is 32.2. The summed E-state index contributed by atoms with van der Waals surface area (Å²) >= 11 is 0. The highest BCUT2D eigenvalue weighted by molar-refractivity contribution is 7.89. The molecule has 0 aliphatic heterocycles. The summed E-state index contributed by atoms with van der Waals surface area (Å²) in [5.74, 6) is -0.715. The van der Waals surface area contributed by atoms with Crippen molar-refractivity contribution < 1.29 is 22.4 Å². The first-order valence-electron chi connectivity index (χ1n) is 12.7. The largest absolute Gasteiger partial charge is 0.425 e. The number of carbonyl (C=O) groups is 1. The maximum Gasteiger partial charge on any atom is 0.340 e. The molecule has 0 saturated heterocycles. The summed E-state index contributed by atoms with van der Waals surface area (Å²) in [5, 5.41) is 0.713. The summed E-state index contributed by atoms with van der Waals surface area (Å²) in [6, 6.07) is 27.9. The number of rotatable bonds is 8. The molecule has 0 fully saturated rings. The monoisotopic (exact) mass is 553 g/mol. The van der Waals surface area contributed by atoms with Crippen LogP contribution in [0.5, 0.6) is 5.75 Å². The zero-order chi connectivity index (χ0) is 28.3. The van der Waals surface area contributed by atoms with E-state index < -0.39 is 27.7 Å². The minimum Gasteiger partial charge on any atom is -0.425 e. The Morgan fingerprint density at radius 3 is 2.20 bits per heavy atom. The smallest absolute Gasteiger partial charge is 0.340 e. The zero-order valence-electron chi connectivity index (χ0n) is 22.0. The van der Waals surface area contributed by atoms with Gasteiger partial charge >= 0.3 is 11.6 Å². The number of aryl methyl sites for hydroxylation is 2. The van der Waals surface area contributed by atoms with Gasteiger partial charge in [-0.2, -0.15) is 4.72 Å². The molecule has 0 aliphatic carbocycles. The van der Waals surface area contributed by atoms with E-state index in [0.29, 0.717) is 22.9 Å². The normalized spacial score (nSPS) is 12.2. The van der Waals surface area contributed by atoms with Crippen molar-refractivity contribution in [3.05, 3.63) is 141 Å². The molecule has 7 nitrogen and oxygen atoms in total. The first-order valence-corrected chi connectivity index (χ1v) is 14.2. The van der Waals surface area contributed by atoms with Crippen molar-refractivity contribution in [1.29, 1.82) is 0 Å². The van der Waals surface area contributed by atoms with Crippen LogP contribution in [0.25, 0.3) is 11.0 Å². The van der Waals surface area contributed by atoms with E-state index in [1.54, 1.807) is 54.6 Å². The van der Waals surface area contributed by atoms with Crippen LogP contribution in [0, 0.1) is 13.8 Å². The number of esters is 1. The van der Waals surface area contributed by atoms with Gasteiger partial charge in [0.2, 0.25) is 10.0 Å². The highest BCUT2D eigenvalue weighted by Crippen LogP contribution is 2.27. The molecule has 5 rings (SSSR count). The molecule has 4 aromatic carbocycles. The van der Waals surface area contributed by atoms with Crippen LogP contribution < -0.4 is 15.1 Å². The average Bonchev–Trinajstić information content (AvgIpc) is 2.95. The van der Waals surface area contributed by atoms with Gasteiger partial charge in [0.25, 0.3) is 0 Å². The average molecular weight is 554 g/mol. The fourth-order valence-electron chi connectivity index (χ4n) is 4.46. The molecular formula is C32H27NO6S. The molecule has 8 heteroatoms. The van der Waals surface area contributed by atoms with E-state index in [0.717, 1.165) is 16.7 Å². The lowest BCUT2D eigenvalue weighted by Crippen LogP contribution is -2.36. The van der Waals surface area contributed by atoms with Crippen molar-refractivity contribution >= 4 is 27.0 Å². The molecular weight excluding hydrogens is 526 g/mol. The Morgan fingerprint density at radius 2 is 1.52 bits per heavy atom. The van der Waals surface area contributed by atoms with Crippen molar-refractivity contribution in [3.63, 3.8) is 0 Å². The summed E-state index contributed by atoms with van der Waals surface area (Å²) in [7, 11) is -4.05. The Hall–Kier alpha value is -4.53. The lowest BCUT2D eigenvalue weighted by molar-refractivity contribution is -0.136. The summed E-state index contributed by atoms with van der Waals surface area (Å²) in [6.07, 6.45) is 0.432. The SMILES string of the molecule is Cc1ccc(S(=O)(=O)N[C@H](C(=O)Oc2ccc3c(C)c(Cc4ccccc4)c(=O)oc3c2)c2ccccc2)cc1. The minimum absolute atomic E-state index is 0.0288. The molecule has 1 N–H and O–H groups in total. The van der Waals surface area contributed by atoms with Gasteiger partial charge in [-0.1, -0.05) is 78.4 Å². The van der Waals surface area contributed by atoms with Gasteiger partial charge in [-0.15, -0.1) is 0 Å². The Kier molecular flexibility index (Phi) is 7.64. The van der Waals surface area contributed by atoms with Crippen LogP contribution in [0.2, 0.25) is 0 Å².